The van der Waals surface area contributed by atoms with E-state index < -0.39 is 0 Å². The highest BCUT2D eigenvalue weighted by molar-refractivity contribution is 7.13. The van der Waals surface area contributed by atoms with Crippen LogP contribution in [0.1, 0.15) is 0 Å². The Labute approximate surface area is 202 Å². The molecular weight excluding hydrogens is 448 g/mol. The number of amides is 1. The number of nitrogens with zero attached hydrogens (tertiary/aromatic N) is 4. The van der Waals surface area contributed by atoms with E-state index in [1.807, 2.05) is 89.1 Å². The third-order valence-corrected chi connectivity index (χ3v) is 6.44. The molecule has 3 heterocycles. The summed E-state index contributed by atoms with van der Waals surface area (Å²) in [6, 6.07) is 24.9. The van der Waals surface area contributed by atoms with Gasteiger partial charge in [0.25, 0.3) is 5.91 Å². The van der Waals surface area contributed by atoms with Crippen LogP contribution in [0.4, 0.5) is 5.82 Å². The second kappa shape index (κ2) is 10.4. The largest absolute Gasteiger partial charge is 0.484 e. The molecular formula is C26H24N4O3S. The molecule has 0 bridgehead atoms. The summed E-state index contributed by atoms with van der Waals surface area (Å²) in [6.45, 7) is 2.68. The second-order valence-corrected chi connectivity index (χ2v) is 8.74. The first-order chi connectivity index (χ1) is 16.7. The van der Waals surface area contributed by atoms with E-state index in [1.54, 1.807) is 11.3 Å². The minimum absolute atomic E-state index is 0.00814. The Bertz CT molecular complexity index is 1190. The van der Waals surface area contributed by atoms with Crippen molar-refractivity contribution in [2.45, 2.75) is 0 Å². The first-order valence-corrected chi connectivity index (χ1v) is 12.0. The number of carbonyl (C=O) groups is 1. The summed E-state index contributed by atoms with van der Waals surface area (Å²) in [4.78, 5) is 17.7. The molecule has 172 valence electrons. The Morgan fingerprint density at radius 1 is 0.794 bits per heavy atom. The zero-order valence-electron chi connectivity index (χ0n) is 18.5. The maximum absolute atomic E-state index is 12.6. The Balaban J connectivity index is 1.08. The average molecular weight is 473 g/mol. The van der Waals surface area contributed by atoms with Gasteiger partial charge in [0.05, 0.1) is 4.88 Å². The van der Waals surface area contributed by atoms with Crippen molar-refractivity contribution >= 4 is 23.1 Å². The summed E-state index contributed by atoms with van der Waals surface area (Å²) in [6.07, 6.45) is 0. The van der Waals surface area contributed by atoms with E-state index in [2.05, 4.69) is 15.1 Å². The molecule has 1 saturated heterocycles. The Kier molecular flexibility index (Phi) is 6.67. The van der Waals surface area contributed by atoms with Crippen molar-refractivity contribution in [1.82, 2.24) is 15.1 Å². The molecule has 1 fully saturated rings. The molecule has 0 atom stereocenters. The van der Waals surface area contributed by atoms with Gasteiger partial charge in [-0.05, 0) is 60.0 Å². The number of anilines is 1. The van der Waals surface area contributed by atoms with Gasteiger partial charge >= 0.3 is 0 Å². The molecule has 0 spiro atoms. The molecule has 0 N–H and O–H groups in total. The van der Waals surface area contributed by atoms with Crippen molar-refractivity contribution in [3.63, 3.8) is 0 Å². The highest BCUT2D eigenvalue weighted by atomic mass is 32.1. The van der Waals surface area contributed by atoms with Gasteiger partial charge in [-0.15, -0.1) is 21.5 Å². The van der Waals surface area contributed by atoms with Gasteiger partial charge in [0.2, 0.25) is 0 Å². The maximum atomic E-state index is 12.6. The monoisotopic (exact) mass is 472 g/mol. The van der Waals surface area contributed by atoms with Gasteiger partial charge in [-0.2, -0.15) is 0 Å². The van der Waals surface area contributed by atoms with E-state index in [1.165, 1.54) is 0 Å². The van der Waals surface area contributed by atoms with Crippen LogP contribution in [-0.4, -0.2) is 53.8 Å². The Morgan fingerprint density at radius 2 is 1.53 bits per heavy atom. The SMILES string of the molecule is O=C(COc1ccc(Oc2ccccc2)cc1)N1CCN(c2ccc(-c3cccs3)nn2)CC1. The van der Waals surface area contributed by atoms with Crippen molar-refractivity contribution in [1.29, 1.82) is 0 Å². The lowest BCUT2D eigenvalue weighted by molar-refractivity contribution is -0.133. The summed E-state index contributed by atoms with van der Waals surface area (Å²) in [5, 5.41) is 10.8. The molecule has 1 aliphatic heterocycles. The zero-order valence-corrected chi connectivity index (χ0v) is 19.4. The zero-order chi connectivity index (χ0) is 23.2. The van der Waals surface area contributed by atoms with Crippen LogP contribution in [0.15, 0.2) is 84.2 Å². The van der Waals surface area contributed by atoms with Gasteiger partial charge in [0.15, 0.2) is 12.4 Å². The summed E-state index contributed by atoms with van der Waals surface area (Å²) in [7, 11) is 0. The lowest BCUT2D eigenvalue weighted by Crippen LogP contribution is -2.50. The number of ether oxygens (including phenoxy) is 2. The minimum Gasteiger partial charge on any atom is -0.484 e. The molecule has 8 heteroatoms. The molecule has 5 rings (SSSR count). The van der Waals surface area contributed by atoms with Gasteiger partial charge in [-0.25, -0.2) is 0 Å². The summed E-state index contributed by atoms with van der Waals surface area (Å²) < 4.78 is 11.5. The van der Waals surface area contributed by atoms with Crippen LogP contribution in [0.5, 0.6) is 17.2 Å². The quantitative estimate of drug-likeness (QED) is 0.388. The molecule has 7 nitrogen and oxygen atoms in total. The van der Waals surface area contributed by atoms with Crippen molar-refractivity contribution in [2.75, 3.05) is 37.7 Å². The number of thiophene rings is 1. The van der Waals surface area contributed by atoms with Crippen LogP contribution in [0.25, 0.3) is 10.6 Å². The fourth-order valence-electron chi connectivity index (χ4n) is 3.70. The van der Waals surface area contributed by atoms with E-state index >= 15 is 0 Å². The van der Waals surface area contributed by atoms with E-state index in [0.29, 0.717) is 37.7 Å². The average Bonchev–Trinajstić information content (AvgIpc) is 3.44. The topological polar surface area (TPSA) is 67.8 Å². The highest BCUT2D eigenvalue weighted by Gasteiger charge is 2.22. The third kappa shape index (κ3) is 5.35. The van der Waals surface area contributed by atoms with Gasteiger partial charge in [-0.3, -0.25) is 4.79 Å². The lowest BCUT2D eigenvalue weighted by Gasteiger charge is -2.35. The molecule has 0 radical (unpaired) electrons. The third-order valence-electron chi connectivity index (χ3n) is 5.55. The van der Waals surface area contributed by atoms with Crippen LogP contribution >= 0.6 is 11.3 Å². The fourth-order valence-corrected chi connectivity index (χ4v) is 4.39. The van der Waals surface area contributed by atoms with Crippen LogP contribution in [0.2, 0.25) is 0 Å². The van der Waals surface area contributed by atoms with Crippen molar-refractivity contribution < 1.29 is 14.3 Å². The number of benzene rings is 2. The van der Waals surface area contributed by atoms with Gasteiger partial charge in [-0.1, -0.05) is 24.3 Å². The molecule has 0 unspecified atom stereocenters. The van der Waals surface area contributed by atoms with Crippen LogP contribution in [-0.2, 0) is 4.79 Å². The summed E-state index contributed by atoms with van der Waals surface area (Å²) in [5.41, 5.74) is 0.879. The Morgan fingerprint density at radius 3 is 2.21 bits per heavy atom. The molecule has 2 aromatic heterocycles. The fraction of sp³-hybridized carbons (Fsp3) is 0.192. The van der Waals surface area contributed by atoms with E-state index in [9.17, 15) is 4.79 Å². The number of rotatable bonds is 7. The number of piperazine rings is 1. The van der Waals surface area contributed by atoms with E-state index in [-0.39, 0.29) is 12.5 Å². The number of hydrogen-bond donors (Lipinski definition) is 0. The van der Waals surface area contributed by atoms with Crippen molar-refractivity contribution in [2.24, 2.45) is 0 Å². The number of carbonyl (C=O) groups excluding carboxylic acids is 1. The van der Waals surface area contributed by atoms with Crippen molar-refractivity contribution in [3.05, 3.63) is 84.2 Å². The van der Waals surface area contributed by atoms with Gasteiger partial charge in [0, 0.05) is 26.2 Å². The molecule has 0 saturated carbocycles. The molecule has 1 amide bonds. The van der Waals surface area contributed by atoms with E-state index in [0.717, 1.165) is 22.1 Å². The smallest absolute Gasteiger partial charge is 0.260 e. The van der Waals surface area contributed by atoms with E-state index in [4.69, 9.17) is 9.47 Å². The first kappa shape index (κ1) is 21.9. The summed E-state index contributed by atoms with van der Waals surface area (Å²) >= 11 is 1.65. The molecule has 34 heavy (non-hydrogen) atoms. The minimum atomic E-state index is -0.0246. The standard InChI is InChI=1S/C26H24N4O3S/c31-26(19-32-20-8-10-22(11-9-20)33-21-5-2-1-3-6-21)30-16-14-29(15-17-30)25-13-12-23(27-28-25)24-7-4-18-34-24/h1-13,18H,14-17,19H2. The predicted molar refractivity (Wildman–Crippen MR) is 133 cm³/mol. The normalized spacial score (nSPS) is 13.5. The molecule has 1 aliphatic rings. The molecule has 4 aromatic rings. The Hall–Kier alpha value is -3.91. The number of hydrogen-bond acceptors (Lipinski definition) is 7. The number of aromatic nitrogens is 2. The maximum Gasteiger partial charge on any atom is 0.260 e. The van der Waals surface area contributed by atoms with Crippen LogP contribution in [0.3, 0.4) is 0 Å². The predicted octanol–water partition coefficient (Wildman–Crippen LogP) is 4.73. The van der Waals surface area contributed by atoms with Crippen LogP contribution in [0, 0.1) is 0 Å². The lowest BCUT2D eigenvalue weighted by atomic mass is 10.3. The highest BCUT2D eigenvalue weighted by Crippen LogP contribution is 2.25. The second-order valence-electron chi connectivity index (χ2n) is 7.80. The summed E-state index contributed by atoms with van der Waals surface area (Å²) in [5.74, 6) is 2.93. The van der Waals surface area contributed by atoms with Crippen LogP contribution < -0.4 is 14.4 Å². The van der Waals surface area contributed by atoms with Gasteiger partial charge in [0.1, 0.15) is 22.9 Å². The van der Waals surface area contributed by atoms with Gasteiger partial charge < -0.3 is 19.3 Å². The molecule has 0 aliphatic carbocycles. The first-order valence-electron chi connectivity index (χ1n) is 11.1. The molecule has 2 aromatic carbocycles. The van der Waals surface area contributed by atoms with Crippen molar-refractivity contribution in [3.8, 4) is 27.8 Å². The number of para-hydroxylation sites is 1.